The number of likely N-dealkylation sites (N-methyl/N-ethyl adjacent to an activating group) is 3. The number of H-pyrrole nitrogens is 6. The number of hydrogen-bond donors (Lipinski definition) is 11. The number of halogens is 3. The van der Waals surface area contributed by atoms with Gasteiger partial charge in [0.25, 0.3) is 0 Å². The Kier molecular flexibility index (Phi) is 22.0. The van der Waals surface area contributed by atoms with Crippen LogP contribution >= 0.6 is 0 Å². The van der Waals surface area contributed by atoms with Crippen LogP contribution in [0.4, 0.5) is 35.9 Å². The van der Waals surface area contributed by atoms with Crippen molar-refractivity contribution in [1.29, 1.82) is 0 Å². The Morgan fingerprint density at radius 1 is 0.362 bits per heavy atom. The lowest BCUT2D eigenvalue weighted by molar-refractivity contribution is 0.425. The molecule has 0 bridgehead atoms. The minimum atomic E-state index is -0.329. The third-order valence-corrected chi connectivity index (χ3v) is 19.6. The van der Waals surface area contributed by atoms with Gasteiger partial charge in [0, 0.05) is 168 Å². The van der Waals surface area contributed by atoms with Gasteiger partial charge in [-0.05, 0) is 197 Å². The van der Waals surface area contributed by atoms with Crippen molar-refractivity contribution in [2.45, 2.75) is 13.5 Å². The molecule has 0 atom stereocenters. The average molecular weight is 1550 g/mol. The zero-order chi connectivity index (χ0) is 79.9. The SMILES string of the molecule is CCNCc1cncc(-c2ccc3[nH]nc(-c4nc5c(-c6cc(F)cc(NCCN(C)C)c6)cncc5[nH]4)c3c2)c1.CN(C)CCNc1cc(F)cc(-c2cncc3[nH]c(-c4n[nH]c5ccc(-c6cccnc6)cc45)nc23)c1.CN(C)CCNc1cc(F)cc(-c2cncc3[nH]c(-c4n[nH]c5ccc(-c6cncc(N)c6)cc45)nc23)c1. The zero-order valence-corrected chi connectivity index (χ0v) is 64.7. The van der Waals surface area contributed by atoms with E-state index in [1.807, 2.05) is 134 Å². The number of fused-ring (bicyclic) bond motifs is 6. The number of aromatic nitrogens is 18. The smallest absolute Gasteiger partial charge is 0.159 e. The molecule has 0 spiro atoms. The minimum absolute atomic E-state index is 0.321. The number of benzene rings is 6. The Balaban J connectivity index is 0.000000131. The summed E-state index contributed by atoms with van der Waals surface area (Å²) in [6.07, 6.45) is 21.1. The highest BCUT2D eigenvalue weighted by Crippen LogP contribution is 2.39. The predicted molar refractivity (Wildman–Crippen MR) is 456 cm³/mol. The summed E-state index contributed by atoms with van der Waals surface area (Å²) in [5.41, 5.74) is 29.2. The fourth-order valence-corrected chi connectivity index (χ4v) is 13.9. The van der Waals surface area contributed by atoms with E-state index in [0.717, 1.165) is 138 Å². The van der Waals surface area contributed by atoms with Crippen LogP contribution in [0.3, 0.4) is 0 Å². The van der Waals surface area contributed by atoms with Crippen molar-refractivity contribution in [3.05, 3.63) is 231 Å². The molecule has 582 valence electrons. The molecule has 0 saturated heterocycles. The van der Waals surface area contributed by atoms with Gasteiger partial charge in [0.15, 0.2) is 17.5 Å². The minimum Gasteiger partial charge on any atom is -0.397 e. The van der Waals surface area contributed by atoms with E-state index in [2.05, 4.69) is 143 Å². The molecule has 116 heavy (non-hydrogen) atoms. The maximum Gasteiger partial charge on any atom is 0.159 e. The van der Waals surface area contributed by atoms with Crippen LogP contribution in [-0.2, 0) is 6.54 Å². The third-order valence-electron chi connectivity index (χ3n) is 19.6. The summed E-state index contributed by atoms with van der Waals surface area (Å²) in [6.45, 7) is 8.37. The van der Waals surface area contributed by atoms with Crippen LogP contribution in [0.25, 0.3) is 167 Å². The molecular formula is C87H83F3N26. The molecule has 18 aromatic rings. The van der Waals surface area contributed by atoms with Crippen LogP contribution in [-0.4, -0.2) is 193 Å². The van der Waals surface area contributed by atoms with Crippen LogP contribution in [0, 0.1) is 17.5 Å². The Morgan fingerprint density at radius 2 is 0.741 bits per heavy atom. The van der Waals surface area contributed by atoms with Crippen LogP contribution in [0.1, 0.15) is 12.5 Å². The van der Waals surface area contributed by atoms with Gasteiger partial charge >= 0.3 is 0 Å². The summed E-state index contributed by atoms with van der Waals surface area (Å²) in [5, 5.41) is 39.0. The van der Waals surface area contributed by atoms with Gasteiger partial charge in [0.2, 0.25) is 0 Å². The maximum absolute atomic E-state index is 14.6. The first-order valence-corrected chi connectivity index (χ1v) is 37.8. The van der Waals surface area contributed by atoms with Crippen molar-refractivity contribution in [1.82, 2.24) is 110 Å². The predicted octanol–water partition coefficient (Wildman–Crippen LogP) is 15.7. The number of rotatable bonds is 24. The van der Waals surface area contributed by atoms with E-state index in [1.54, 1.807) is 55.8 Å². The van der Waals surface area contributed by atoms with Crippen molar-refractivity contribution in [3.8, 4) is 101 Å². The molecule has 0 aliphatic carbocycles. The van der Waals surface area contributed by atoms with Gasteiger partial charge in [-0.2, -0.15) is 15.3 Å². The van der Waals surface area contributed by atoms with Crippen LogP contribution < -0.4 is 27.0 Å². The molecule has 0 saturated carbocycles. The Morgan fingerprint density at radius 3 is 1.12 bits per heavy atom. The maximum atomic E-state index is 14.6. The molecule has 0 aliphatic rings. The summed E-state index contributed by atoms with van der Waals surface area (Å²) in [4.78, 5) is 57.0. The molecule has 12 aromatic heterocycles. The standard InChI is InChI=1S/C31H32FN9.C28H26FN9.C28H25FN8/c1-4-33-14-19-9-22(16-34-15-19)20-5-6-27-25(12-20)30(40-39-27)31-37-28-18-35-17-26(29(28)38-31)21-10-23(32)13-24(11-21)36-7-8-41(2)3;1-38(2)6-5-33-21-9-17(7-19(29)11-21)23-14-32-15-25-26(23)35-28(34-25)27-22-10-16(3-4-24(22)36-37-27)18-8-20(30)13-31-12-18;1-37(2)9-8-32-21-11-19(10-20(29)13-21)23-15-31-16-25-26(23)34-28(33-25)27-22-12-17(5-6-24(22)35-36-27)18-4-3-7-30-14-18/h5-6,9-13,15-18,33,36H,4,7-8,14H2,1-3H3,(H,37,38)(H,39,40);3-4,7-15,33H,5-6,30H2,1-2H3,(H,34,35)(H,36,37);3-7,10-16,32H,8-9H2,1-2H3,(H,33,34)(H,35,36). The zero-order valence-electron chi connectivity index (χ0n) is 64.7. The van der Waals surface area contributed by atoms with E-state index in [-0.39, 0.29) is 17.5 Å². The number of nitrogen functional groups attached to an aromatic ring is 1. The summed E-state index contributed by atoms with van der Waals surface area (Å²) >= 11 is 0. The lowest BCUT2D eigenvalue weighted by atomic mass is 10.0. The Labute approximate surface area is 664 Å². The molecule has 6 aromatic carbocycles. The van der Waals surface area contributed by atoms with Crippen molar-refractivity contribution in [3.63, 3.8) is 0 Å². The number of anilines is 4. The van der Waals surface area contributed by atoms with Gasteiger partial charge in [0.1, 0.15) is 34.5 Å². The highest BCUT2D eigenvalue weighted by Gasteiger charge is 2.22. The number of nitrogens with one attached hydrogen (secondary N) is 10. The van der Waals surface area contributed by atoms with E-state index in [1.165, 1.54) is 36.4 Å². The molecule has 0 fully saturated rings. The van der Waals surface area contributed by atoms with Crippen molar-refractivity contribution < 1.29 is 13.2 Å². The Hall–Kier alpha value is -14.1. The van der Waals surface area contributed by atoms with Crippen molar-refractivity contribution in [2.24, 2.45) is 0 Å². The second kappa shape index (κ2) is 33.7. The van der Waals surface area contributed by atoms with Gasteiger partial charge in [0.05, 0.1) is 73.9 Å². The lowest BCUT2D eigenvalue weighted by Gasteiger charge is -2.12. The third kappa shape index (κ3) is 17.0. The topological polar surface area (TPSA) is 333 Å². The molecule has 0 amide bonds. The van der Waals surface area contributed by atoms with Crippen LogP contribution in [0.2, 0.25) is 0 Å². The van der Waals surface area contributed by atoms with E-state index in [4.69, 9.17) is 20.7 Å². The van der Waals surface area contributed by atoms with Crippen LogP contribution in [0.15, 0.2) is 208 Å². The number of imidazole rings is 3. The lowest BCUT2D eigenvalue weighted by Crippen LogP contribution is -2.20. The summed E-state index contributed by atoms with van der Waals surface area (Å²) < 4.78 is 43.8. The Bertz CT molecular complexity index is 6540. The normalized spacial score (nSPS) is 11.6. The number of pyridine rings is 6. The van der Waals surface area contributed by atoms with Gasteiger partial charge in [-0.3, -0.25) is 45.2 Å². The molecular weight excluding hydrogens is 1470 g/mol. The van der Waals surface area contributed by atoms with Gasteiger partial charge < -0.3 is 56.7 Å². The van der Waals surface area contributed by atoms with Crippen molar-refractivity contribution in [2.75, 3.05) is 110 Å². The number of nitrogens with zero attached hydrogens (tertiary/aromatic N) is 15. The van der Waals surface area contributed by atoms with E-state index in [0.29, 0.717) is 110 Å². The summed E-state index contributed by atoms with van der Waals surface area (Å²) in [6, 6.07) is 41.1. The first kappa shape index (κ1) is 75.9. The van der Waals surface area contributed by atoms with Gasteiger partial charge in [-0.25, -0.2) is 28.1 Å². The molecule has 0 aliphatic heterocycles. The highest BCUT2D eigenvalue weighted by atomic mass is 19.1. The summed E-state index contributed by atoms with van der Waals surface area (Å²) in [7, 11) is 12.0. The first-order valence-electron chi connectivity index (χ1n) is 37.8. The quantitative estimate of drug-likeness (QED) is 0.0268. The second-order valence-electron chi connectivity index (χ2n) is 29.0. The molecule has 18 rings (SSSR count). The van der Waals surface area contributed by atoms with E-state index >= 15 is 0 Å². The number of nitrogens with two attached hydrogens (primary N) is 1. The first-order chi connectivity index (χ1) is 56.5. The average Bonchev–Trinajstić information content (AvgIpc) is 1.62. The molecule has 26 nitrogen and oxygen atoms in total. The number of aromatic amines is 6. The molecule has 0 unspecified atom stereocenters. The second-order valence-corrected chi connectivity index (χ2v) is 29.0. The van der Waals surface area contributed by atoms with Gasteiger partial charge in [-0.1, -0.05) is 31.2 Å². The summed E-state index contributed by atoms with van der Waals surface area (Å²) in [5.74, 6) is 0.835. The molecule has 12 heterocycles. The fourth-order valence-electron chi connectivity index (χ4n) is 13.9. The van der Waals surface area contributed by atoms with Crippen molar-refractivity contribution >= 4 is 88.6 Å². The van der Waals surface area contributed by atoms with Gasteiger partial charge in [-0.15, -0.1) is 0 Å². The molecule has 0 radical (unpaired) electrons. The highest BCUT2D eigenvalue weighted by molar-refractivity contribution is 6.02. The fraction of sp³-hybridized carbons (Fsp3) is 0.172. The number of hydrogen-bond acceptors (Lipinski definition) is 20. The van der Waals surface area contributed by atoms with E-state index in [9.17, 15) is 13.2 Å². The van der Waals surface area contributed by atoms with E-state index < -0.39 is 0 Å². The molecule has 29 heteroatoms. The largest absolute Gasteiger partial charge is 0.397 e. The monoisotopic (exact) mass is 1550 g/mol. The molecule has 12 N–H and O–H groups in total. The van der Waals surface area contributed by atoms with Crippen LogP contribution in [0.5, 0.6) is 0 Å².